The van der Waals surface area contributed by atoms with E-state index < -0.39 is 11.5 Å². The Labute approximate surface area is 192 Å². The molecule has 0 saturated carbocycles. The molecule has 3 N–H and O–H groups in total. The summed E-state index contributed by atoms with van der Waals surface area (Å²) in [7, 11) is 0. The van der Waals surface area contributed by atoms with Crippen LogP contribution in [0.25, 0.3) is 11.0 Å². The van der Waals surface area contributed by atoms with E-state index in [-0.39, 0.29) is 36.4 Å². The number of carbonyl (C=O) groups excluding carboxylic acids is 3. The van der Waals surface area contributed by atoms with Gasteiger partial charge >= 0.3 is 5.63 Å². The van der Waals surface area contributed by atoms with Crippen LogP contribution < -0.4 is 21.6 Å². The van der Waals surface area contributed by atoms with E-state index in [1.807, 2.05) is 0 Å². The van der Waals surface area contributed by atoms with Gasteiger partial charge in [0.25, 0.3) is 11.8 Å². The van der Waals surface area contributed by atoms with Crippen LogP contribution in [0.2, 0.25) is 0 Å². The van der Waals surface area contributed by atoms with Gasteiger partial charge in [-0.15, -0.1) is 0 Å². The predicted octanol–water partition coefficient (Wildman–Crippen LogP) is 3.31. The molecule has 3 rings (SSSR count). The zero-order chi connectivity index (χ0) is 23.3. The monoisotopic (exact) mass is 499 g/mol. The van der Waals surface area contributed by atoms with E-state index in [1.165, 1.54) is 6.07 Å². The van der Waals surface area contributed by atoms with Crippen LogP contribution in [0.5, 0.6) is 0 Å². The van der Waals surface area contributed by atoms with Gasteiger partial charge in [-0.1, -0.05) is 29.8 Å². The normalized spacial score (nSPS) is 10.8. The lowest BCUT2D eigenvalue weighted by Gasteiger charge is -2.09. The lowest BCUT2D eigenvalue weighted by Crippen LogP contribution is -2.36. The minimum absolute atomic E-state index is 0.106. The number of amides is 3. The molecule has 1 heterocycles. The number of benzene rings is 2. The Morgan fingerprint density at radius 1 is 0.938 bits per heavy atom. The van der Waals surface area contributed by atoms with Crippen molar-refractivity contribution in [1.29, 1.82) is 0 Å². The Kier molecular flexibility index (Phi) is 7.42. The summed E-state index contributed by atoms with van der Waals surface area (Å²) < 4.78 is 5.98. The summed E-state index contributed by atoms with van der Waals surface area (Å²) in [6.45, 7) is 3.88. The summed E-state index contributed by atoms with van der Waals surface area (Å²) in [6.07, 6.45) is 0. The molecule has 1 aromatic heterocycles. The van der Waals surface area contributed by atoms with Crippen molar-refractivity contribution in [1.82, 2.24) is 10.6 Å². The summed E-state index contributed by atoms with van der Waals surface area (Å²) in [5.74, 6) is -1.15. The van der Waals surface area contributed by atoms with Crippen LogP contribution in [0.4, 0.5) is 5.69 Å². The number of carbonyl (C=O) groups is 3. The van der Waals surface area contributed by atoms with Crippen molar-refractivity contribution in [3.05, 3.63) is 74.6 Å². The highest BCUT2D eigenvalue weighted by atomic mass is 79.9. The molecule has 0 unspecified atom stereocenters. The van der Waals surface area contributed by atoms with Crippen molar-refractivity contribution in [2.75, 3.05) is 18.4 Å². The number of fused-ring (bicyclic) bond motifs is 1. The third-order valence-electron chi connectivity index (χ3n) is 4.57. The number of hydrogen-bond donors (Lipinski definition) is 3. The van der Waals surface area contributed by atoms with Crippen molar-refractivity contribution in [3.63, 3.8) is 0 Å². The Morgan fingerprint density at radius 3 is 2.25 bits per heavy atom. The summed E-state index contributed by atoms with van der Waals surface area (Å²) in [4.78, 5) is 48.4. The molecule has 9 heteroatoms. The highest BCUT2D eigenvalue weighted by Crippen LogP contribution is 2.19. The molecular formula is C23H22BrN3O5. The molecule has 0 aliphatic heterocycles. The second-order valence-corrected chi connectivity index (χ2v) is 8.28. The molecule has 3 amide bonds. The van der Waals surface area contributed by atoms with E-state index in [0.717, 1.165) is 4.47 Å². The molecule has 8 nitrogen and oxygen atoms in total. The molecule has 0 bridgehead atoms. The molecule has 3 aromatic rings. The van der Waals surface area contributed by atoms with E-state index in [0.29, 0.717) is 22.2 Å². The molecule has 166 valence electrons. The first kappa shape index (κ1) is 23.2. The Morgan fingerprint density at radius 2 is 1.59 bits per heavy atom. The Hall–Kier alpha value is -3.46. The summed E-state index contributed by atoms with van der Waals surface area (Å²) in [5.41, 5.74) is 0.567. The van der Waals surface area contributed by atoms with Crippen molar-refractivity contribution in [2.24, 2.45) is 5.92 Å². The topological polar surface area (TPSA) is 118 Å². The average Bonchev–Trinajstić information content (AvgIpc) is 2.76. The van der Waals surface area contributed by atoms with E-state index in [9.17, 15) is 19.2 Å². The van der Waals surface area contributed by atoms with Crippen molar-refractivity contribution < 1.29 is 18.8 Å². The largest absolute Gasteiger partial charge is 0.422 e. The molecule has 0 radical (unpaired) electrons. The van der Waals surface area contributed by atoms with Gasteiger partial charge in [0.15, 0.2) is 0 Å². The first-order valence-electron chi connectivity index (χ1n) is 9.95. The maximum atomic E-state index is 12.4. The Balaban J connectivity index is 1.51. The summed E-state index contributed by atoms with van der Waals surface area (Å²) >= 11 is 3.34. The quantitative estimate of drug-likeness (QED) is 0.340. The van der Waals surface area contributed by atoms with E-state index >= 15 is 0 Å². The van der Waals surface area contributed by atoms with Crippen LogP contribution >= 0.6 is 15.9 Å². The molecule has 0 fully saturated rings. The van der Waals surface area contributed by atoms with Gasteiger partial charge in [-0.2, -0.15) is 0 Å². The van der Waals surface area contributed by atoms with Crippen molar-refractivity contribution >= 4 is 50.3 Å². The van der Waals surface area contributed by atoms with Gasteiger partial charge in [-0.3, -0.25) is 14.4 Å². The zero-order valence-electron chi connectivity index (χ0n) is 17.5. The molecule has 0 spiro atoms. The zero-order valence-corrected chi connectivity index (χ0v) is 19.1. The first-order valence-corrected chi connectivity index (χ1v) is 10.7. The standard InChI is InChI=1S/C23H22BrN3O5/c1-13(2)20(28)27-17-6-3-14(4-7-17)21(29)25-9-10-26-22(30)18-12-15-11-16(24)5-8-19(15)32-23(18)31/h3-8,11-13H,9-10H2,1-2H3,(H,25,29)(H,26,30)(H,27,28). The molecule has 0 aliphatic rings. The van der Waals surface area contributed by atoms with Crippen LogP contribution in [0.3, 0.4) is 0 Å². The van der Waals surface area contributed by atoms with E-state index in [4.69, 9.17) is 4.42 Å². The predicted molar refractivity (Wildman–Crippen MR) is 125 cm³/mol. The lowest BCUT2D eigenvalue weighted by molar-refractivity contribution is -0.118. The fourth-order valence-corrected chi connectivity index (χ4v) is 3.17. The third-order valence-corrected chi connectivity index (χ3v) is 5.07. The van der Waals surface area contributed by atoms with Gasteiger partial charge in [-0.25, -0.2) is 4.79 Å². The molecule has 0 atom stereocenters. The maximum Gasteiger partial charge on any atom is 0.349 e. The average molecular weight is 500 g/mol. The minimum Gasteiger partial charge on any atom is -0.422 e. The summed E-state index contributed by atoms with van der Waals surface area (Å²) in [5, 5.41) is 8.65. The SMILES string of the molecule is CC(C)C(=O)Nc1ccc(C(=O)NCCNC(=O)c2cc3cc(Br)ccc3oc2=O)cc1. The van der Waals surface area contributed by atoms with Gasteiger partial charge in [-0.05, 0) is 48.5 Å². The highest BCUT2D eigenvalue weighted by Gasteiger charge is 2.14. The second kappa shape index (κ2) is 10.2. The number of nitrogens with one attached hydrogen (secondary N) is 3. The Bertz CT molecular complexity index is 1220. The first-order chi connectivity index (χ1) is 15.2. The molecule has 0 saturated heterocycles. The van der Waals surface area contributed by atoms with E-state index in [2.05, 4.69) is 31.9 Å². The van der Waals surface area contributed by atoms with Crippen LogP contribution in [0.1, 0.15) is 34.6 Å². The van der Waals surface area contributed by atoms with Crippen molar-refractivity contribution in [3.8, 4) is 0 Å². The van der Waals surface area contributed by atoms with Gasteiger partial charge in [0.2, 0.25) is 5.91 Å². The molecule has 32 heavy (non-hydrogen) atoms. The summed E-state index contributed by atoms with van der Waals surface area (Å²) in [6, 6.07) is 13.1. The van der Waals surface area contributed by atoms with Crippen LogP contribution in [0.15, 0.2) is 62.2 Å². The number of hydrogen-bond acceptors (Lipinski definition) is 5. The molecular weight excluding hydrogens is 478 g/mol. The number of rotatable bonds is 7. The number of halogens is 1. The van der Waals surface area contributed by atoms with E-state index in [1.54, 1.807) is 56.3 Å². The van der Waals surface area contributed by atoms with Crippen LogP contribution in [-0.2, 0) is 4.79 Å². The number of anilines is 1. The third kappa shape index (κ3) is 5.82. The fraction of sp³-hybridized carbons (Fsp3) is 0.217. The lowest BCUT2D eigenvalue weighted by atomic mass is 10.1. The highest BCUT2D eigenvalue weighted by molar-refractivity contribution is 9.10. The second-order valence-electron chi connectivity index (χ2n) is 7.36. The van der Waals surface area contributed by atoms with Gasteiger partial charge < -0.3 is 20.4 Å². The van der Waals surface area contributed by atoms with Crippen LogP contribution in [-0.4, -0.2) is 30.8 Å². The van der Waals surface area contributed by atoms with Crippen molar-refractivity contribution in [2.45, 2.75) is 13.8 Å². The minimum atomic E-state index is -0.731. The van der Waals surface area contributed by atoms with Gasteiger partial charge in [0, 0.05) is 40.1 Å². The fourth-order valence-electron chi connectivity index (χ4n) is 2.79. The molecule has 2 aromatic carbocycles. The van der Waals surface area contributed by atoms with Gasteiger partial charge in [0.1, 0.15) is 11.1 Å². The molecule has 0 aliphatic carbocycles. The van der Waals surface area contributed by atoms with Crippen LogP contribution in [0, 0.1) is 5.92 Å². The van der Waals surface area contributed by atoms with Gasteiger partial charge in [0.05, 0.1) is 0 Å². The maximum absolute atomic E-state index is 12.4. The smallest absolute Gasteiger partial charge is 0.349 e.